The lowest BCUT2D eigenvalue weighted by Crippen LogP contribution is -2.12. The maximum Gasteiger partial charge on any atom is 0.259 e. The second-order valence-electron chi connectivity index (χ2n) is 7.10. The maximum absolute atomic E-state index is 12.9. The predicted molar refractivity (Wildman–Crippen MR) is 111 cm³/mol. The largest absolute Gasteiger partial charge is 0.306 e. The van der Waals surface area contributed by atoms with Crippen molar-refractivity contribution in [3.63, 3.8) is 0 Å². The van der Waals surface area contributed by atoms with Crippen LogP contribution in [0.1, 0.15) is 31.2 Å². The van der Waals surface area contributed by atoms with E-state index in [-0.39, 0.29) is 5.56 Å². The molecule has 5 heteroatoms. The molecule has 0 amide bonds. The predicted octanol–water partition coefficient (Wildman–Crippen LogP) is 4.71. The number of aromatic amines is 1. The Morgan fingerprint density at radius 1 is 1.00 bits per heavy atom. The summed E-state index contributed by atoms with van der Waals surface area (Å²) in [6.45, 7) is 0. The zero-order chi connectivity index (χ0) is 18.9. The first-order valence-corrected chi connectivity index (χ1v) is 9.62. The first-order chi connectivity index (χ1) is 13.8. The first kappa shape index (κ1) is 16.7. The highest BCUT2D eigenvalue weighted by molar-refractivity contribution is 5.87. The molecule has 4 aromatic rings. The van der Waals surface area contributed by atoms with Gasteiger partial charge in [0.2, 0.25) is 0 Å². The third kappa shape index (κ3) is 2.85. The van der Waals surface area contributed by atoms with Gasteiger partial charge < -0.3 is 4.98 Å². The summed E-state index contributed by atoms with van der Waals surface area (Å²) in [6, 6.07) is 13.9. The number of hydrogen-bond acceptors (Lipinski definition) is 3. The maximum atomic E-state index is 12.9. The molecule has 5 nitrogen and oxygen atoms in total. The molecule has 1 N–H and O–H groups in total. The minimum atomic E-state index is -0.127. The Bertz CT molecular complexity index is 1220. The molecule has 1 aromatic carbocycles. The van der Waals surface area contributed by atoms with Gasteiger partial charge in [-0.25, -0.2) is 4.52 Å². The molecule has 0 radical (unpaired) electrons. The molecule has 1 aliphatic carbocycles. The van der Waals surface area contributed by atoms with Gasteiger partial charge in [0.15, 0.2) is 0 Å². The molecule has 0 bridgehead atoms. The quantitative estimate of drug-likeness (QED) is 0.570. The first-order valence-electron chi connectivity index (χ1n) is 9.62. The van der Waals surface area contributed by atoms with Crippen molar-refractivity contribution < 1.29 is 0 Å². The minimum Gasteiger partial charge on any atom is -0.306 e. The Balaban J connectivity index is 1.79. The van der Waals surface area contributed by atoms with Crippen LogP contribution in [0, 0.1) is 0 Å². The molecule has 0 unspecified atom stereocenters. The topological polar surface area (TPSA) is 63.0 Å². The molecule has 28 heavy (non-hydrogen) atoms. The van der Waals surface area contributed by atoms with Crippen LogP contribution in [0.3, 0.4) is 0 Å². The Morgan fingerprint density at radius 3 is 2.61 bits per heavy atom. The van der Waals surface area contributed by atoms with Crippen molar-refractivity contribution in [3.05, 3.63) is 83.0 Å². The van der Waals surface area contributed by atoms with E-state index in [9.17, 15) is 4.79 Å². The molecule has 0 atom stereocenters. The van der Waals surface area contributed by atoms with Gasteiger partial charge in [0.25, 0.3) is 5.56 Å². The standard InChI is InChI=1S/C23H20N4O/c28-23-19(18-12-7-13-24-14-18)15-27-22(25-23)20(16-8-3-1-4-9-16)21(26-27)17-10-5-2-6-11-17/h2,5-8,10-15H,1,3-4,9H2,(H,25,28). The summed E-state index contributed by atoms with van der Waals surface area (Å²) < 4.78 is 1.80. The van der Waals surface area contributed by atoms with Crippen molar-refractivity contribution in [2.24, 2.45) is 0 Å². The number of pyridine rings is 1. The van der Waals surface area contributed by atoms with Gasteiger partial charge in [0, 0.05) is 35.3 Å². The number of rotatable bonds is 3. The number of nitrogens with zero attached hydrogens (tertiary/aromatic N) is 3. The highest BCUT2D eigenvalue weighted by Gasteiger charge is 2.21. The van der Waals surface area contributed by atoms with Crippen LogP contribution in [0.15, 0.2) is 71.9 Å². The van der Waals surface area contributed by atoms with E-state index in [1.165, 1.54) is 12.0 Å². The molecule has 1 aliphatic rings. The summed E-state index contributed by atoms with van der Waals surface area (Å²) in [5.41, 5.74) is 6.24. The fraction of sp³-hybridized carbons (Fsp3) is 0.174. The van der Waals surface area contributed by atoms with Crippen molar-refractivity contribution in [3.8, 4) is 22.4 Å². The number of nitrogens with one attached hydrogen (secondary N) is 1. The van der Waals surface area contributed by atoms with Gasteiger partial charge in [-0.05, 0) is 37.3 Å². The molecule has 0 fully saturated rings. The smallest absolute Gasteiger partial charge is 0.259 e. The lowest BCUT2D eigenvalue weighted by Gasteiger charge is -2.13. The second-order valence-corrected chi connectivity index (χ2v) is 7.10. The molecule has 0 aliphatic heterocycles. The van der Waals surface area contributed by atoms with E-state index in [2.05, 4.69) is 28.2 Å². The van der Waals surface area contributed by atoms with E-state index < -0.39 is 0 Å². The number of benzene rings is 1. The summed E-state index contributed by atoms with van der Waals surface area (Å²) in [6.07, 6.45) is 12.0. The summed E-state index contributed by atoms with van der Waals surface area (Å²) in [5, 5.41) is 4.87. The van der Waals surface area contributed by atoms with Crippen LogP contribution in [0.4, 0.5) is 0 Å². The highest BCUT2D eigenvalue weighted by atomic mass is 16.1. The minimum absolute atomic E-state index is 0.127. The highest BCUT2D eigenvalue weighted by Crippen LogP contribution is 2.36. The van der Waals surface area contributed by atoms with Gasteiger partial charge in [-0.3, -0.25) is 9.78 Å². The lowest BCUT2D eigenvalue weighted by molar-refractivity contribution is 0.742. The van der Waals surface area contributed by atoms with Crippen LogP contribution in [0.2, 0.25) is 0 Å². The molecule has 0 spiro atoms. The summed E-state index contributed by atoms with van der Waals surface area (Å²) in [7, 11) is 0. The van der Waals surface area contributed by atoms with Crippen molar-refractivity contribution >= 4 is 11.2 Å². The monoisotopic (exact) mass is 368 g/mol. The van der Waals surface area contributed by atoms with Crippen molar-refractivity contribution in [1.82, 2.24) is 19.6 Å². The Morgan fingerprint density at radius 2 is 1.86 bits per heavy atom. The Kier molecular flexibility index (Phi) is 4.13. The summed E-state index contributed by atoms with van der Waals surface area (Å²) in [4.78, 5) is 20.1. The van der Waals surface area contributed by atoms with Crippen LogP contribution >= 0.6 is 0 Å². The third-order valence-electron chi connectivity index (χ3n) is 5.27. The van der Waals surface area contributed by atoms with Crippen LogP contribution in [-0.4, -0.2) is 19.6 Å². The SMILES string of the molecule is O=c1[nH]c2c(C3=CCCCC3)c(-c3ccccc3)nn2cc1-c1cccnc1. The molecule has 3 aromatic heterocycles. The molecular formula is C23H20N4O. The van der Waals surface area contributed by atoms with Gasteiger partial charge in [0.05, 0.1) is 5.56 Å². The zero-order valence-electron chi connectivity index (χ0n) is 15.4. The van der Waals surface area contributed by atoms with Crippen molar-refractivity contribution in [1.29, 1.82) is 0 Å². The van der Waals surface area contributed by atoms with E-state index >= 15 is 0 Å². The average Bonchev–Trinajstić information content (AvgIpc) is 3.13. The third-order valence-corrected chi connectivity index (χ3v) is 5.27. The van der Waals surface area contributed by atoms with Crippen LogP contribution < -0.4 is 5.56 Å². The molecule has 5 rings (SSSR count). The summed E-state index contributed by atoms with van der Waals surface area (Å²) >= 11 is 0. The van der Waals surface area contributed by atoms with E-state index in [1.807, 2.05) is 36.5 Å². The fourth-order valence-electron chi connectivity index (χ4n) is 3.90. The lowest BCUT2D eigenvalue weighted by atomic mass is 9.92. The normalized spacial score (nSPS) is 14.2. The van der Waals surface area contributed by atoms with Gasteiger partial charge in [0.1, 0.15) is 11.3 Å². The molecule has 3 heterocycles. The second kappa shape index (κ2) is 6.93. The number of allylic oxidation sites excluding steroid dienone is 2. The molecule has 0 saturated heterocycles. The Hall–Kier alpha value is -3.47. The summed E-state index contributed by atoms with van der Waals surface area (Å²) in [5.74, 6) is 0. The van der Waals surface area contributed by atoms with Crippen molar-refractivity contribution in [2.45, 2.75) is 25.7 Å². The number of H-pyrrole nitrogens is 1. The van der Waals surface area contributed by atoms with Gasteiger partial charge in [-0.1, -0.05) is 42.5 Å². The van der Waals surface area contributed by atoms with E-state index in [0.29, 0.717) is 5.56 Å². The molecule has 138 valence electrons. The number of fused-ring (bicyclic) bond motifs is 1. The van der Waals surface area contributed by atoms with Crippen molar-refractivity contribution in [2.75, 3.05) is 0 Å². The van der Waals surface area contributed by atoms with E-state index in [0.717, 1.165) is 47.3 Å². The van der Waals surface area contributed by atoms with Gasteiger partial charge >= 0.3 is 0 Å². The van der Waals surface area contributed by atoms with E-state index in [1.54, 1.807) is 16.9 Å². The number of hydrogen-bond donors (Lipinski definition) is 1. The van der Waals surface area contributed by atoms with Crippen LogP contribution in [-0.2, 0) is 0 Å². The van der Waals surface area contributed by atoms with Crippen LogP contribution in [0.5, 0.6) is 0 Å². The zero-order valence-corrected chi connectivity index (χ0v) is 15.4. The average molecular weight is 368 g/mol. The van der Waals surface area contributed by atoms with Crippen LogP contribution in [0.25, 0.3) is 33.6 Å². The Labute approximate surface area is 162 Å². The molecule has 0 saturated carbocycles. The molecular weight excluding hydrogens is 348 g/mol. The number of aromatic nitrogens is 4. The van der Waals surface area contributed by atoms with Gasteiger partial charge in [-0.15, -0.1) is 0 Å². The van der Waals surface area contributed by atoms with E-state index in [4.69, 9.17) is 5.10 Å². The fourth-order valence-corrected chi connectivity index (χ4v) is 3.90. The van der Waals surface area contributed by atoms with Gasteiger partial charge in [-0.2, -0.15) is 5.10 Å².